The number of hydrogen-bond acceptors (Lipinski definition) is 2. The predicted octanol–water partition coefficient (Wildman–Crippen LogP) is 2.40. The fraction of sp³-hybridized carbons (Fsp3) is 0.462. The van der Waals surface area contributed by atoms with Crippen LogP contribution in [0.1, 0.15) is 26.3 Å². The molecule has 1 amide bonds. The average molecular weight is 299 g/mol. The molecule has 0 radical (unpaired) electrons. The molecule has 17 heavy (non-hydrogen) atoms. The Kier molecular flexibility index (Phi) is 4.71. The van der Waals surface area contributed by atoms with Crippen LogP contribution in [0.5, 0.6) is 0 Å². The molecule has 1 aromatic rings. The van der Waals surface area contributed by atoms with Gasteiger partial charge in [0, 0.05) is 16.9 Å². The molecule has 0 aromatic heterocycles. The molecule has 1 unspecified atom stereocenters. The van der Waals surface area contributed by atoms with Crippen LogP contribution in [0.3, 0.4) is 0 Å². The molecular formula is C13H19BrN2O. The molecule has 0 bridgehead atoms. The fourth-order valence-corrected chi connectivity index (χ4v) is 1.74. The summed E-state index contributed by atoms with van der Waals surface area (Å²) in [5.41, 5.74) is 6.16. The van der Waals surface area contributed by atoms with Gasteiger partial charge in [-0.15, -0.1) is 0 Å². The van der Waals surface area contributed by atoms with Crippen LogP contribution in [-0.2, 0) is 10.3 Å². The Balaban J connectivity index is 2.81. The van der Waals surface area contributed by atoms with Gasteiger partial charge < -0.3 is 11.1 Å². The van der Waals surface area contributed by atoms with Crippen LogP contribution in [0.25, 0.3) is 0 Å². The van der Waals surface area contributed by atoms with Crippen LogP contribution >= 0.6 is 15.9 Å². The molecule has 0 aliphatic carbocycles. The lowest BCUT2D eigenvalue weighted by Crippen LogP contribution is -2.44. The third kappa shape index (κ3) is 3.82. The molecule has 0 saturated heterocycles. The fourth-order valence-electron chi connectivity index (χ4n) is 1.48. The van der Waals surface area contributed by atoms with Gasteiger partial charge in [0.15, 0.2) is 0 Å². The molecule has 0 saturated carbocycles. The molecule has 3 N–H and O–H groups in total. The maximum Gasteiger partial charge on any atom is 0.224 e. The van der Waals surface area contributed by atoms with E-state index in [0.717, 1.165) is 10.0 Å². The molecule has 0 fully saturated rings. The number of rotatable bonds is 4. The van der Waals surface area contributed by atoms with Crippen molar-refractivity contribution in [2.24, 2.45) is 11.7 Å². The van der Waals surface area contributed by atoms with Crippen LogP contribution < -0.4 is 11.1 Å². The highest BCUT2D eigenvalue weighted by molar-refractivity contribution is 9.10. The van der Waals surface area contributed by atoms with Crippen molar-refractivity contribution in [1.29, 1.82) is 0 Å². The Morgan fingerprint density at radius 2 is 1.94 bits per heavy atom. The van der Waals surface area contributed by atoms with Gasteiger partial charge in [-0.1, -0.05) is 35.0 Å². The summed E-state index contributed by atoms with van der Waals surface area (Å²) in [4.78, 5) is 11.8. The molecule has 1 atom stereocenters. The molecule has 3 nitrogen and oxygen atoms in total. The number of carbonyl (C=O) groups is 1. The minimum absolute atomic E-state index is 0.0135. The molecular weight excluding hydrogens is 280 g/mol. The highest BCUT2D eigenvalue weighted by Crippen LogP contribution is 2.22. The number of hydrogen-bond donors (Lipinski definition) is 2. The van der Waals surface area contributed by atoms with E-state index in [2.05, 4.69) is 21.2 Å². The number of amides is 1. The third-order valence-corrected chi connectivity index (χ3v) is 3.33. The van der Waals surface area contributed by atoms with E-state index in [-0.39, 0.29) is 17.4 Å². The standard InChI is InChI=1S/C13H19BrN2O/c1-9(8-15)12(17)16-13(2,3)10-4-6-11(14)7-5-10/h4-7,9H,8,15H2,1-3H3,(H,16,17). The number of carbonyl (C=O) groups excluding carboxylic acids is 1. The van der Waals surface area contributed by atoms with Gasteiger partial charge in [0.2, 0.25) is 5.91 Å². The minimum Gasteiger partial charge on any atom is -0.347 e. The van der Waals surface area contributed by atoms with E-state index in [1.807, 2.05) is 45.0 Å². The first-order valence-corrected chi connectivity index (χ1v) is 6.44. The Hall–Kier alpha value is -0.870. The molecule has 4 heteroatoms. The van der Waals surface area contributed by atoms with Crippen molar-refractivity contribution in [3.8, 4) is 0 Å². The van der Waals surface area contributed by atoms with E-state index >= 15 is 0 Å². The maximum absolute atomic E-state index is 11.8. The van der Waals surface area contributed by atoms with Gasteiger partial charge in [-0.25, -0.2) is 0 Å². The summed E-state index contributed by atoms with van der Waals surface area (Å²) in [6.45, 7) is 6.16. The molecule has 0 aliphatic heterocycles. The zero-order valence-corrected chi connectivity index (χ0v) is 12.0. The highest BCUT2D eigenvalue weighted by Gasteiger charge is 2.24. The minimum atomic E-state index is -0.388. The van der Waals surface area contributed by atoms with Crippen molar-refractivity contribution in [3.05, 3.63) is 34.3 Å². The van der Waals surface area contributed by atoms with Gasteiger partial charge in [-0.2, -0.15) is 0 Å². The van der Waals surface area contributed by atoms with Crippen molar-refractivity contribution < 1.29 is 4.79 Å². The molecule has 0 aliphatic rings. The summed E-state index contributed by atoms with van der Waals surface area (Å²) in [6, 6.07) is 7.93. The van der Waals surface area contributed by atoms with Gasteiger partial charge in [0.1, 0.15) is 0 Å². The second-order valence-electron chi connectivity index (χ2n) is 4.76. The zero-order chi connectivity index (χ0) is 13.1. The first-order chi connectivity index (χ1) is 7.86. The van der Waals surface area contributed by atoms with Crippen molar-refractivity contribution in [2.75, 3.05) is 6.54 Å². The number of nitrogens with one attached hydrogen (secondary N) is 1. The smallest absolute Gasteiger partial charge is 0.224 e. The van der Waals surface area contributed by atoms with E-state index in [1.54, 1.807) is 0 Å². The lowest BCUT2D eigenvalue weighted by atomic mass is 9.93. The summed E-state index contributed by atoms with van der Waals surface area (Å²) in [6.07, 6.45) is 0. The summed E-state index contributed by atoms with van der Waals surface area (Å²) >= 11 is 3.39. The topological polar surface area (TPSA) is 55.1 Å². The molecule has 0 spiro atoms. The molecule has 94 valence electrons. The van der Waals surface area contributed by atoms with Gasteiger partial charge >= 0.3 is 0 Å². The van der Waals surface area contributed by atoms with Crippen LogP contribution in [0.2, 0.25) is 0 Å². The van der Waals surface area contributed by atoms with Crippen LogP contribution in [0.4, 0.5) is 0 Å². The Labute approximate surface area is 111 Å². The molecule has 0 heterocycles. The first kappa shape index (κ1) is 14.2. The summed E-state index contributed by atoms with van der Waals surface area (Å²) in [5.74, 6) is -0.176. The van der Waals surface area contributed by atoms with Crippen LogP contribution in [0.15, 0.2) is 28.7 Å². The van der Waals surface area contributed by atoms with Gasteiger partial charge in [-0.3, -0.25) is 4.79 Å². The first-order valence-electron chi connectivity index (χ1n) is 5.65. The van der Waals surface area contributed by atoms with Crippen molar-refractivity contribution >= 4 is 21.8 Å². The lowest BCUT2D eigenvalue weighted by Gasteiger charge is -2.28. The van der Waals surface area contributed by atoms with Gasteiger partial charge in [0.05, 0.1) is 5.54 Å². The number of halogens is 1. The van der Waals surface area contributed by atoms with E-state index in [4.69, 9.17) is 5.73 Å². The Bertz CT molecular complexity index is 387. The molecule has 1 aromatic carbocycles. The number of benzene rings is 1. The highest BCUT2D eigenvalue weighted by atomic mass is 79.9. The van der Waals surface area contributed by atoms with E-state index < -0.39 is 0 Å². The maximum atomic E-state index is 11.8. The largest absolute Gasteiger partial charge is 0.347 e. The SMILES string of the molecule is CC(CN)C(=O)NC(C)(C)c1ccc(Br)cc1. The lowest BCUT2D eigenvalue weighted by molar-refractivity contribution is -0.125. The van der Waals surface area contributed by atoms with Gasteiger partial charge in [-0.05, 0) is 31.5 Å². The van der Waals surface area contributed by atoms with Crippen molar-refractivity contribution in [1.82, 2.24) is 5.32 Å². The quantitative estimate of drug-likeness (QED) is 0.897. The second-order valence-corrected chi connectivity index (χ2v) is 5.67. The summed E-state index contributed by atoms with van der Waals surface area (Å²) < 4.78 is 1.03. The van der Waals surface area contributed by atoms with E-state index in [1.165, 1.54) is 0 Å². The van der Waals surface area contributed by atoms with E-state index in [0.29, 0.717) is 6.54 Å². The zero-order valence-electron chi connectivity index (χ0n) is 10.5. The molecule has 1 rings (SSSR count). The second kappa shape index (κ2) is 5.65. The number of nitrogens with two attached hydrogens (primary N) is 1. The Morgan fingerprint density at radius 3 is 2.41 bits per heavy atom. The summed E-state index contributed by atoms with van der Waals surface area (Å²) in [7, 11) is 0. The van der Waals surface area contributed by atoms with Gasteiger partial charge in [0.25, 0.3) is 0 Å². The van der Waals surface area contributed by atoms with E-state index in [9.17, 15) is 4.79 Å². The monoisotopic (exact) mass is 298 g/mol. The average Bonchev–Trinajstić information content (AvgIpc) is 2.27. The normalized spacial score (nSPS) is 13.2. The van der Waals surface area contributed by atoms with Crippen molar-refractivity contribution in [3.63, 3.8) is 0 Å². The third-order valence-electron chi connectivity index (χ3n) is 2.80. The summed E-state index contributed by atoms with van der Waals surface area (Å²) in [5, 5.41) is 3.01. The van der Waals surface area contributed by atoms with Crippen molar-refractivity contribution in [2.45, 2.75) is 26.3 Å². The van der Waals surface area contributed by atoms with Crippen LogP contribution in [-0.4, -0.2) is 12.5 Å². The Morgan fingerprint density at radius 1 is 1.41 bits per heavy atom. The van der Waals surface area contributed by atoms with Crippen LogP contribution in [0, 0.1) is 5.92 Å². The predicted molar refractivity (Wildman–Crippen MR) is 73.5 cm³/mol.